The van der Waals surface area contributed by atoms with Crippen LogP contribution in [0.1, 0.15) is 64.0 Å². The van der Waals surface area contributed by atoms with Gasteiger partial charge >= 0.3 is 5.97 Å². The lowest BCUT2D eigenvalue weighted by Crippen LogP contribution is -2.35. The number of H-pyrrole nitrogens is 1. The maximum absolute atomic E-state index is 12.6. The summed E-state index contributed by atoms with van der Waals surface area (Å²) in [4.78, 5) is 24.9. The molecule has 11 nitrogen and oxygen atoms in total. The Bertz CT molecular complexity index is 1350. The van der Waals surface area contributed by atoms with Crippen LogP contribution in [0.15, 0.2) is 18.2 Å². The average molecular weight is 596 g/mol. The maximum Gasteiger partial charge on any atom is 0.307 e. The van der Waals surface area contributed by atoms with Crippen LogP contribution in [0.2, 0.25) is 5.02 Å². The van der Waals surface area contributed by atoms with E-state index < -0.39 is 28.4 Å². The monoisotopic (exact) mass is 595 g/mol. The standard InChI is InChI=1S/C27H38ClN5O6S/c1-7-8-13-37-20-10-9-17(2)14-21(20)39-40(36)15-18(3)25(35)29-12-11-22(34)38-16-27(5,6)26-31-30-24-23(28)19(4)32-33(24)26/h9-10,14,18,32H,7-8,11-13,15-16H2,1-6H3,(H,29,35). The fraction of sp³-hybridized carbons (Fsp3) is 0.556. The molecule has 0 fully saturated rings. The number of aryl methyl sites for hydroxylation is 2. The van der Waals surface area contributed by atoms with Crippen LogP contribution in [0.5, 0.6) is 11.5 Å². The highest BCUT2D eigenvalue weighted by molar-refractivity contribution is 7.80. The normalized spacial score (nSPS) is 13.2. The minimum Gasteiger partial charge on any atom is -0.490 e. The van der Waals surface area contributed by atoms with E-state index in [1.54, 1.807) is 23.6 Å². The molecule has 0 saturated carbocycles. The third-order valence-electron chi connectivity index (χ3n) is 6.17. The van der Waals surface area contributed by atoms with Gasteiger partial charge in [-0.25, -0.2) is 8.72 Å². The Balaban J connectivity index is 1.42. The molecule has 0 aliphatic rings. The molecule has 2 atom stereocenters. The summed E-state index contributed by atoms with van der Waals surface area (Å²) in [6.45, 7) is 11.9. The lowest BCUT2D eigenvalue weighted by molar-refractivity contribution is -0.145. The van der Waals surface area contributed by atoms with Crippen LogP contribution in [-0.2, 0) is 30.8 Å². The van der Waals surface area contributed by atoms with Crippen molar-refractivity contribution in [2.45, 2.75) is 66.2 Å². The van der Waals surface area contributed by atoms with Gasteiger partial charge in [0.2, 0.25) is 17.0 Å². The number of halogens is 1. The number of fused-ring (bicyclic) bond motifs is 1. The van der Waals surface area contributed by atoms with E-state index in [0.717, 1.165) is 24.1 Å². The second-order valence-electron chi connectivity index (χ2n) is 10.4. The molecule has 2 unspecified atom stereocenters. The highest BCUT2D eigenvalue weighted by Gasteiger charge is 2.30. The largest absolute Gasteiger partial charge is 0.490 e. The molecule has 220 valence electrons. The second kappa shape index (κ2) is 14.0. The van der Waals surface area contributed by atoms with Gasteiger partial charge in [-0.2, -0.15) is 0 Å². The topological polar surface area (TPSA) is 137 Å². The Morgan fingerprint density at radius 3 is 2.70 bits per heavy atom. The molecule has 13 heteroatoms. The van der Waals surface area contributed by atoms with Crippen LogP contribution in [0.3, 0.4) is 0 Å². The molecular weight excluding hydrogens is 558 g/mol. The summed E-state index contributed by atoms with van der Waals surface area (Å²) in [5.74, 6) is 0.0648. The second-order valence-corrected chi connectivity index (χ2v) is 11.9. The van der Waals surface area contributed by atoms with Crippen LogP contribution < -0.4 is 14.2 Å². The summed E-state index contributed by atoms with van der Waals surface area (Å²) in [7, 11) is 0. The predicted octanol–water partition coefficient (Wildman–Crippen LogP) is 4.21. The number of nitrogens with one attached hydrogen (secondary N) is 2. The SMILES string of the molecule is CCCCOc1ccc(C)cc1OS(=O)CC(C)C(=O)NCCC(=O)OCC(C)(C)c1nnc2c(Cl)c(C)[nH]n12. The molecule has 0 spiro atoms. The first-order valence-corrected chi connectivity index (χ1v) is 14.9. The highest BCUT2D eigenvalue weighted by atomic mass is 35.5. The molecule has 1 amide bonds. The number of ether oxygens (including phenoxy) is 2. The van der Waals surface area contributed by atoms with E-state index in [-0.39, 0.29) is 31.2 Å². The minimum absolute atomic E-state index is 0.0120. The zero-order valence-corrected chi connectivity index (χ0v) is 25.4. The number of rotatable bonds is 15. The van der Waals surface area contributed by atoms with E-state index in [1.165, 1.54) is 0 Å². The van der Waals surface area contributed by atoms with Crippen molar-refractivity contribution in [1.29, 1.82) is 0 Å². The van der Waals surface area contributed by atoms with E-state index in [9.17, 15) is 13.8 Å². The number of hydrogen-bond acceptors (Lipinski definition) is 8. The average Bonchev–Trinajstić information content (AvgIpc) is 3.43. The van der Waals surface area contributed by atoms with Gasteiger partial charge in [-0.3, -0.25) is 14.7 Å². The highest BCUT2D eigenvalue weighted by Crippen LogP contribution is 2.30. The predicted molar refractivity (Wildman–Crippen MR) is 153 cm³/mol. The van der Waals surface area contributed by atoms with Crippen LogP contribution >= 0.6 is 11.6 Å². The van der Waals surface area contributed by atoms with E-state index in [0.29, 0.717) is 34.6 Å². The van der Waals surface area contributed by atoms with Gasteiger partial charge in [0.05, 0.1) is 29.9 Å². The number of aromatic amines is 1. The lowest BCUT2D eigenvalue weighted by atomic mass is 9.94. The zero-order valence-electron chi connectivity index (χ0n) is 23.8. The number of amides is 1. The summed E-state index contributed by atoms with van der Waals surface area (Å²) < 4.78 is 31.1. The van der Waals surface area contributed by atoms with Gasteiger partial charge in [0.1, 0.15) is 11.6 Å². The quantitative estimate of drug-likeness (QED) is 0.197. The van der Waals surface area contributed by atoms with Gasteiger partial charge in [-0.15, -0.1) is 10.2 Å². The first-order chi connectivity index (χ1) is 18.9. The van der Waals surface area contributed by atoms with Gasteiger partial charge in [-0.05, 0) is 51.8 Å². The fourth-order valence-electron chi connectivity index (χ4n) is 3.75. The van der Waals surface area contributed by atoms with E-state index in [2.05, 4.69) is 27.5 Å². The van der Waals surface area contributed by atoms with Gasteiger partial charge in [-0.1, -0.05) is 37.9 Å². The Hall–Kier alpha value is -3.12. The van der Waals surface area contributed by atoms with Crippen LogP contribution in [-0.4, -0.2) is 61.4 Å². The molecule has 3 rings (SSSR count). The molecule has 1 aromatic carbocycles. The maximum atomic E-state index is 12.6. The molecule has 40 heavy (non-hydrogen) atoms. The van der Waals surface area contributed by atoms with Crippen LogP contribution in [0.4, 0.5) is 0 Å². The number of esters is 1. The van der Waals surface area contributed by atoms with Crippen molar-refractivity contribution in [1.82, 2.24) is 25.1 Å². The molecule has 2 heterocycles. The molecule has 0 aliphatic heterocycles. The molecule has 2 aromatic heterocycles. The van der Waals surface area contributed by atoms with Gasteiger partial charge in [0, 0.05) is 12.5 Å². The first-order valence-electron chi connectivity index (χ1n) is 13.3. The van der Waals surface area contributed by atoms with Gasteiger partial charge in [0.15, 0.2) is 23.0 Å². The summed E-state index contributed by atoms with van der Waals surface area (Å²) >= 11 is 4.47. The first kappa shape index (κ1) is 31.4. The van der Waals surface area contributed by atoms with E-state index >= 15 is 0 Å². The lowest BCUT2D eigenvalue weighted by Gasteiger charge is -2.21. The fourth-order valence-corrected chi connectivity index (χ4v) is 4.88. The number of carbonyl (C=O) groups is 2. The van der Waals surface area contributed by atoms with E-state index in [1.807, 2.05) is 33.8 Å². The molecule has 0 saturated heterocycles. The molecule has 0 radical (unpaired) electrons. The number of hydrogen-bond donors (Lipinski definition) is 2. The number of unbranched alkanes of at least 4 members (excludes halogenated alkanes) is 1. The van der Waals surface area contributed by atoms with Crippen molar-refractivity contribution in [3.63, 3.8) is 0 Å². The molecular formula is C27H38ClN5O6S. The van der Waals surface area contributed by atoms with E-state index in [4.69, 9.17) is 25.3 Å². The number of benzene rings is 1. The Kier molecular flexibility index (Phi) is 11.0. The number of aromatic nitrogens is 4. The van der Waals surface area contributed by atoms with Crippen molar-refractivity contribution < 1.29 is 27.5 Å². The third-order valence-corrected chi connectivity index (χ3v) is 7.76. The van der Waals surface area contributed by atoms with Gasteiger partial charge < -0.3 is 19.0 Å². The molecule has 0 aliphatic carbocycles. The van der Waals surface area contributed by atoms with Crippen molar-refractivity contribution in [3.8, 4) is 11.5 Å². The van der Waals surface area contributed by atoms with Crippen molar-refractivity contribution in [2.24, 2.45) is 5.92 Å². The Morgan fingerprint density at radius 1 is 1.23 bits per heavy atom. The van der Waals surface area contributed by atoms with Crippen molar-refractivity contribution in [2.75, 3.05) is 25.5 Å². The molecule has 0 bridgehead atoms. The molecule has 2 N–H and O–H groups in total. The number of nitrogens with zero attached hydrogens (tertiary/aromatic N) is 3. The van der Waals surface area contributed by atoms with Gasteiger partial charge in [0.25, 0.3) is 0 Å². The zero-order chi connectivity index (χ0) is 29.4. The Labute approximate surface area is 241 Å². The minimum atomic E-state index is -1.76. The van der Waals surface area contributed by atoms with Crippen LogP contribution in [0.25, 0.3) is 5.65 Å². The Morgan fingerprint density at radius 2 is 1.98 bits per heavy atom. The summed E-state index contributed by atoms with van der Waals surface area (Å²) in [5, 5.41) is 14.6. The summed E-state index contributed by atoms with van der Waals surface area (Å²) in [6, 6.07) is 5.44. The summed E-state index contributed by atoms with van der Waals surface area (Å²) in [5.41, 5.74) is 1.57. The molecule has 3 aromatic rings. The van der Waals surface area contributed by atoms with Crippen molar-refractivity contribution >= 4 is 40.2 Å². The van der Waals surface area contributed by atoms with Crippen molar-refractivity contribution in [3.05, 3.63) is 40.3 Å². The smallest absolute Gasteiger partial charge is 0.307 e. The summed E-state index contributed by atoms with van der Waals surface area (Å²) in [6.07, 6.45) is 1.87. The third kappa shape index (κ3) is 8.20. The van der Waals surface area contributed by atoms with Crippen LogP contribution in [0, 0.1) is 19.8 Å². The number of carbonyl (C=O) groups excluding carboxylic acids is 2.